The summed E-state index contributed by atoms with van der Waals surface area (Å²) in [5, 5.41) is 3.23. The fourth-order valence-electron chi connectivity index (χ4n) is 3.56. The van der Waals surface area contributed by atoms with Crippen molar-refractivity contribution in [2.75, 3.05) is 26.0 Å². The van der Waals surface area contributed by atoms with Gasteiger partial charge in [-0.05, 0) is 26.0 Å². The van der Waals surface area contributed by atoms with E-state index >= 15 is 4.39 Å². The lowest BCUT2D eigenvalue weighted by Crippen LogP contribution is -2.22. The van der Waals surface area contributed by atoms with Gasteiger partial charge in [-0.15, -0.1) is 0 Å². The molecule has 1 aromatic carbocycles. The third kappa shape index (κ3) is 4.36. The predicted octanol–water partition coefficient (Wildman–Crippen LogP) is 4.48. The number of anilines is 1. The molecule has 1 unspecified atom stereocenters. The molecule has 0 radical (unpaired) electrons. The lowest BCUT2D eigenvalue weighted by Gasteiger charge is -2.22. The zero-order valence-corrected chi connectivity index (χ0v) is 19.8. The molecule has 4 aromatic rings. The zero-order valence-electron chi connectivity index (χ0n) is 19.1. The SMILES string of the molecule is CCOc1c(C(C)Nc2ncnc3nc[nH]c23)cc(Cl)c(F)c1-c1ccc(C(=O)N(C)C)nc1. The number of imidazole rings is 1. The first-order chi connectivity index (χ1) is 16.3. The summed E-state index contributed by atoms with van der Waals surface area (Å²) in [4.78, 5) is 33.4. The zero-order chi connectivity index (χ0) is 24.4. The molecule has 0 aliphatic carbocycles. The smallest absolute Gasteiger partial charge is 0.271 e. The average molecular weight is 484 g/mol. The number of ether oxygens (including phenoxy) is 1. The molecule has 0 fully saturated rings. The Morgan fingerprint density at radius 1 is 1.26 bits per heavy atom. The van der Waals surface area contributed by atoms with E-state index < -0.39 is 5.82 Å². The molecule has 1 amide bonds. The molecule has 176 valence electrons. The number of amides is 1. The van der Waals surface area contributed by atoms with Crippen LogP contribution >= 0.6 is 11.6 Å². The summed E-state index contributed by atoms with van der Waals surface area (Å²) in [6, 6.07) is 4.33. The Hall–Kier alpha value is -3.79. The van der Waals surface area contributed by atoms with Gasteiger partial charge in [0.25, 0.3) is 5.91 Å². The second kappa shape index (κ2) is 9.60. The van der Waals surface area contributed by atoms with Crippen LogP contribution in [0.5, 0.6) is 5.75 Å². The summed E-state index contributed by atoms with van der Waals surface area (Å²) in [6.45, 7) is 4.00. The molecule has 9 nitrogen and oxygen atoms in total. The summed E-state index contributed by atoms with van der Waals surface area (Å²) in [5.41, 5.74) is 2.64. The van der Waals surface area contributed by atoms with Crippen molar-refractivity contribution in [3.05, 3.63) is 59.1 Å². The van der Waals surface area contributed by atoms with E-state index in [1.165, 1.54) is 29.8 Å². The molecule has 0 aliphatic heterocycles. The second-order valence-corrected chi connectivity index (χ2v) is 8.13. The van der Waals surface area contributed by atoms with Gasteiger partial charge in [-0.2, -0.15) is 0 Å². The van der Waals surface area contributed by atoms with Crippen LogP contribution in [0.25, 0.3) is 22.3 Å². The first kappa shape index (κ1) is 23.4. The number of rotatable bonds is 7. The van der Waals surface area contributed by atoms with Gasteiger partial charge < -0.3 is 19.9 Å². The minimum absolute atomic E-state index is 0.0649. The van der Waals surface area contributed by atoms with Crippen molar-refractivity contribution < 1.29 is 13.9 Å². The van der Waals surface area contributed by atoms with Gasteiger partial charge >= 0.3 is 0 Å². The summed E-state index contributed by atoms with van der Waals surface area (Å²) in [7, 11) is 3.27. The molecule has 11 heteroatoms. The maximum atomic E-state index is 15.3. The van der Waals surface area contributed by atoms with Gasteiger partial charge in [0.15, 0.2) is 17.3 Å². The van der Waals surface area contributed by atoms with Crippen molar-refractivity contribution in [2.24, 2.45) is 0 Å². The van der Waals surface area contributed by atoms with E-state index in [0.29, 0.717) is 40.5 Å². The van der Waals surface area contributed by atoms with Crippen molar-refractivity contribution in [1.29, 1.82) is 0 Å². The minimum Gasteiger partial charge on any atom is -0.493 e. The van der Waals surface area contributed by atoms with Crippen LogP contribution in [0.2, 0.25) is 5.02 Å². The Kier molecular flexibility index (Phi) is 6.60. The quantitative estimate of drug-likeness (QED) is 0.399. The van der Waals surface area contributed by atoms with Crippen LogP contribution in [-0.4, -0.2) is 56.4 Å². The van der Waals surface area contributed by atoms with Gasteiger partial charge in [0.2, 0.25) is 0 Å². The molecule has 0 bridgehead atoms. The van der Waals surface area contributed by atoms with Crippen molar-refractivity contribution in [3.63, 3.8) is 0 Å². The van der Waals surface area contributed by atoms with Gasteiger partial charge in [-0.25, -0.2) is 19.3 Å². The molecule has 0 spiro atoms. The lowest BCUT2D eigenvalue weighted by atomic mass is 9.98. The molecule has 0 aliphatic rings. The van der Waals surface area contributed by atoms with Crippen molar-refractivity contribution in [1.82, 2.24) is 29.8 Å². The number of hydrogen-bond acceptors (Lipinski definition) is 7. The summed E-state index contributed by atoms with van der Waals surface area (Å²) in [6.07, 6.45) is 4.38. The topological polar surface area (TPSA) is 109 Å². The normalized spacial score (nSPS) is 11.9. The van der Waals surface area contributed by atoms with Crippen molar-refractivity contribution >= 4 is 34.5 Å². The first-order valence-corrected chi connectivity index (χ1v) is 10.9. The molecule has 2 N–H and O–H groups in total. The van der Waals surface area contributed by atoms with Gasteiger partial charge in [0.1, 0.15) is 23.3 Å². The number of pyridine rings is 1. The second-order valence-electron chi connectivity index (χ2n) is 7.72. The highest BCUT2D eigenvalue weighted by Gasteiger charge is 2.25. The third-order valence-electron chi connectivity index (χ3n) is 5.21. The van der Waals surface area contributed by atoms with Crippen LogP contribution in [0.4, 0.5) is 10.2 Å². The average Bonchev–Trinajstić information content (AvgIpc) is 3.31. The first-order valence-electron chi connectivity index (χ1n) is 10.5. The minimum atomic E-state index is -0.632. The molecule has 0 saturated heterocycles. The number of nitrogens with zero attached hydrogens (tertiary/aromatic N) is 5. The van der Waals surface area contributed by atoms with Gasteiger partial charge in [0, 0.05) is 31.4 Å². The van der Waals surface area contributed by atoms with Gasteiger partial charge in [-0.3, -0.25) is 9.78 Å². The number of aromatic amines is 1. The summed E-state index contributed by atoms with van der Waals surface area (Å²) < 4.78 is 21.2. The standard InChI is InChI=1S/C23H23ClFN7O2/c1-5-34-20-14(12(2)31-22-19-21(28-10-27-19)29-11-30-22)8-15(24)18(25)17(20)13-6-7-16(26-9-13)23(33)32(3)4/h6-12H,5H2,1-4H3,(H2,27,28,29,30,31). The van der Waals surface area contributed by atoms with Crippen LogP contribution in [0, 0.1) is 5.82 Å². The van der Waals surface area contributed by atoms with E-state index in [1.54, 1.807) is 26.2 Å². The van der Waals surface area contributed by atoms with E-state index in [2.05, 4.69) is 30.2 Å². The number of benzene rings is 1. The molecule has 34 heavy (non-hydrogen) atoms. The highest BCUT2D eigenvalue weighted by Crippen LogP contribution is 2.42. The number of aromatic nitrogens is 5. The molecule has 4 rings (SSSR count). The number of fused-ring (bicyclic) bond motifs is 1. The summed E-state index contributed by atoms with van der Waals surface area (Å²) in [5.74, 6) is -0.0235. The molecular weight excluding hydrogens is 461 g/mol. The number of halogens is 2. The number of carbonyl (C=O) groups is 1. The number of carbonyl (C=O) groups excluding carboxylic acids is 1. The monoisotopic (exact) mass is 483 g/mol. The Balaban J connectivity index is 1.78. The van der Waals surface area contributed by atoms with Crippen LogP contribution in [-0.2, 0) is 0 Å². The molecule has 3 heterocycles. The van der Waals surface area contributed by atoms with Crippen LogP contribution < -0.4 is 10.1 Å². The summed E-state index contributed by atoms with van der Waals surface area (Å²) >= 11 is 6.31. The molecule has 1 atom stereocenters. The van der Waals surface area contributed by atoms with Crippen molar-refractivity contribution in [2.45, 2.75) is 19.9 Å². The molecular formula is C23H23ClFN7O2. The predicted molar refractivity (Wildman–Crippen MR) is 128 cm³/mol. The van der Waals surface area contributed by atoms with Crippen LogP contribution in [0.15, 0.2) is 37.1 Å². The lowest BCUT2D eigenvalue weighted by molar-refractivity contribution is 0.0822. The van der Waals surface area contributed by atoms with Crippen LogP contribution in [0.3, 0.4) is 0 Å². The maximum absolute atomic E-state index is 15.3. The van der Waals surface area contributed by atoms with E-state index in [1.807, 2.05) is 13.8 Å². The van der Waals surface area contributed by atoms with Crippen LogP contribution in [0.1, 0.15) is 35.9 Å². The van der Waals surface area contributed by atoms with E-state index in [-0.39, 0.29) is 28.2 Å². The number of nitrogens with one attached hydrogen (secondary N) is 2. The van der Waals surface area contributed by atoms with E-state index in [0.717, 1.165) is 0 Å². The van der Waals surface area contributed by atoms with Crippen molar-refractivity contribution in [3.8, 4) is 16.9 Å². The Morgan fingerprint density at radius 3 is 2.74 bits per heavy atom. The maximum Gasteiger partial charge on any atom is 0.271 e. The third-order valence-corrected chi connectivity index (χ3v) is 5.48. The highest BCUT2D eigenvalue weighted by molar-refractivity contribution is 6.31. The highest BCUT2D eigenvalue weighted by atomic mass is 35.5. The Bertz CT molecular complexity index is 1340. The Morgan fingerprint density at radius 2 is 2.06 bits per heavy atom. The Labute approximate surface area is 200 Å². The number of hydrogen-bond donors (Lipinski definition) is 2. The van der Waals surface area contributed by atoms with E-state index in [4.69, 9.17) is 16.3 Å². The fraction of sp³-hybridized carbons (Fsp3) is 0.261. The fourth-order valence-corrected chi connectivity index (χ4v) is 3.77. The molecule has 0 saturated carbocycles. The van der Waals surface area contributed by atoms with E-state index in [9.17, 15) is 4.79 Å². The van der Waals surface area contributed by atoms with Gasteiger partial charge in [-0.1, -0.05) is 17.7 Å². The molecule has 3 aromatic heterocycles. The number of H-pyrrole nitrogens is 1. The largest absolute Gasteiger partial charge is 0.493 e. The van der Waals surface area contributed by atoms with Gasteiger partial charge in [0.05, 0.1) is 29.6 Å².